The third-order valence-corrected chi connectivity index (χ3v) is 2.11. The number of imidazole rings is 1. The lowest BCUT2D eigenvalue weighted by atomic mass is 10.3. The van der Waals surface area contributed by atoms with Crippen LogP contribution in [0.1, 0.15) is 25.5 Å². The van der Waals surface area contributed by atoms with E-state index < -0.39 is 0 Å². The Kier molecular flexibility index (Phi) is 1.46. The normalized spacial score (nSPS) is 11.7. The second-order valence-electron chi connectivity index (χ2n) is 3.39. The summed E-state index contributed by atoms with van der Waals surface area (Å²) in [5.74, 6) is 0. The highest BCUT2D eigenvalue weighted by Gasteiger charge is 2.06. The first-order valence-corrected chi connectivity index (χ1v) is 4.21. The van der Waals surface area contributed by atoms with Crippen LogP contribution in [-0.2, 0) is 0 Å². The molecule has 0 aliphatic carbocycles. The van der Waals surface area contributed by atoms with Gasteiger partial charge in [0.15, 0.2) is 0 Å². The number of rotatable bonds is 1. The van der Waals surface area contributed by atoms with Crippen molar-refractivity contribution in [3.63, 3.8) is 0 Å². The maximum atomic E-state index is 4.22. The zero-order chi connectivity index (χ0) is 8.72. The Balaban J connectivity index is 2.75. The molecule has 3 heteroatoms. The van der Waals surface area contributed by atoms with Gasteiger partial charge in [-0.05, 0) is 20.8 Å². The van der Waals surface area contributed by atoms with Crippen LogP contribution in [0.15, 0.2) is 18.6 Å². The van der Waals surface area contributed by atoms with Crippen molar-refractivity contribution in [3.05, 3.63) is 24.2 Å². The minimum absolute atomic E-state index is 0.498. The lowest BCUT2D eigenvalue weighted by Crippen LogP contribution is -1.99. The summed E-state index contributed by atoms with van der Waals surface area (Å²) < 4.78 is 4.14. The zero-order valence-corrected chi connectivity index (χ0v) is 7.65. The van der Waals surface area contributed by atoms with E-state index >= 15 is 0 Å². The van der Waals surface area contributed by atoms with Crippen molar-refractivity contribution >= 4 is 5.65 Å². The van der Waals surface area contributed by atoms with Gasteiger partial charge in [0.25, 0.3) is 0 Å². The van der Waals surface area contributed by atoms with Crippen LogP contribution in [-0.4, -0.2) is 14.2 Å². The molecule has 0 fully saturated rings. The van der Waals surface area contributed by atoms with Crippen LogP contribution in [0.3, 0.4) is 0 Å². The fraction of sp³-hybridized carbons (Fsp3) is 0.444. The fourth-order valence-electron chi connectivity index (χ4n) is 1.50. The number of hydrogen-bond donors (Lipinski definition) is 0. The quantitative estimate of drug-likeness (QED) is 0.630. The molecule has 12 heavy (non-hydrogen) atoms. The van der Waals surface area contributed by atoms with Gasteiger partial charge in [0, 0.05) is 24.0 Å². The molecule has 2 aromatic heterocycles. The number of aryl methyl sites for hydroxylation is 1. The first-order chi connectivity index (χ1) is 5.70. The molecule has 0 bridgehead atoms. The predicted octanol–water partition coefficient (Wildman–Crippen LogP) is 2.03. The third kappa shape index (κ3) is 0.858. The van der Waals surface area contributed by atoms with Gasteiger partial charge in [-0.1, -0.05) is 0 Å². The molecule has 0 atom stereocenters. The molecule has 3 nitrogen and oxygen atoms in total. The highest BCUT2D eigenvalue weighted by atomic mass is 15.3. The minimum atomic E-state index is 0.498. The van der Waals surface area contributed by atoms with Crippen molar-refractivity contribution < 1.29 is 0 Å². The van der Waals surface area contributed by atoms with Crippen molar-refractivity contribution in [1.82, 2.24) is 14.2 Å². The van der Waals surface area contributed by atoms with Crippen LogP contribution in [0.5, 0.6) is 0 Å². The van der Waals surface area contributed by atoms with Crippen LogP contribution in [0, 0.1) is 6.92 Å². The van der Waals surface area contributed by atoms with Gasteiger partial charge >= 0.3 is 0 Å². The number of aromatic nitrogens is 3. The highest BCUT2D eigenvalue weighted by molar-refractivity contribution is 5.47. The van der Waals surface area contributed by atoms with Gasteiger partial charge in [-0.3, -0.25) is 0 Å². The van der Waals surface area contributed by atoms with Crippen molar-refractivity contribution in [2.24, 2.45) is 0 Å². The molecule has 0 N–H and O–H groups in total. The SMILES string of the molecule is Cc1cnn2ccn(C(C)C)c12. The molecular weight excluding hydrogens is 150 g/mol. The third-order valence-electron chi connectivity index (χ3n) is 2.11. The van der Waals surface area contributed by atoms with Crippen LogP contribution in [0.2, 0.25) is 0 Å². The Morgan fingerprint density at radius 1 is 1.33 bits per heavy atom. The monoisotopic (exact) mass is 163 g/mol. The Bertz CT molecular complexity index is 395. The van der Waals surface area contributed by atoms with Crippen LogP contribution in [0.4, 0.5) is 0 Å². The number of hydrogen-bond acceptors (Lipinski definition) is 1. The van der Waals surface area contributed by atoms with E-state index in [0.717, 1.165) is 0 Å². The summed E-state index contributed by atoms with van der Waals surface area (Å²) in [6.45, 7) is 6.43. The molecule has 0 saturated carbocycles. The summed E-state index contributed by atoms with van der Waals surface area (Å²) in [7, 11) is 0. The molecule has 2 rings (SSSR count). The van der Waals surface area contributed by atoms with Gasteiger partial charge in [0.2, 0.25) is 0 Å². The van der Waals surface area contributed by atoms with Crippen molar-refractivity contribution in [1.29, 1.82) is 0 Å². The number of fused-ring (bicyclic) bond motifs is 1. The maximum absolute atomic E-state index is 4.22. The van der Waals surface area contributed by atoms with E-state index in [1.54, 1.807) is 0 Å². The summed E-state index contributed by atoms with van der Waals surface area (Å²) in [6.07, 6.45) is 5.95. The Morgan fingerprint density at radius 2 is 2.08 bits per heavy atom. The summed E-state index contributed by atoms with van der Waals surface area (Å²) in [4.78, 5) is 0. The first kappa shape index (κ1) is 7.40. The van der Waals surface area contributed by atoms with E-state index in [0.29, 0.717) is 6.04 Å². The van der Waals surface area contributed by atoms with Crippen LogP contribution < -0.4 is 0 Å². The molecule has 0 amide bonds. The van der Waals surface area contributed by atoms with Crippen molar-refractivity contribution in [3.8, 4) is 0 Å². The molecule has 0 saturated heterocycles. The largest absolute Gasteiger partial charge is 0.329 e. The van der Waals surface area contributed by atoms with Gasteiger partial charge in [-0.25, -0.2) is 4.52 Å². The Labute approximate surface area is 71.6 Å². The molecule has 2 aromatic rings. The smallest absolute Gasteiger partial charge is 0.138 e. The highest BCUT2D eigenvalue weighted by Crippen LogP contribution is 2.15. The van der Waals surface area contributed by atoms with E-state index in [4.69, 9.17) is 0 Å². The molecule has 0 unspecified atom stereocenters. The molecule has 2 heterocycles. The second-order valence-corrected chi connectivity index (χ2v) is 3.39. The molecular formula is C9H13N3. The Hall–Kier alpha value is -1.25. The van der Waals surface area contributed by atoms with Crippen molar-refractivity contribution in [2.75, 3.05) is 0 Å². The van der Waals surface area contributed by atoms with Crippen LogP contribution >= 0.6 is 0 Å². The van der Waals surface area contributed by atoms with Crippen molar-refractivity contribution in [2.45, 2.75) is 26.8 Å². The van der Waals surface area contributed by atoms with Gasteiger partial charge < -0.3 is 4.57 Å². The molecule has 0 aliphatic rings. The predicted molar refractivity (Wildman–Crippen MR) is 48.3 cm³/mol. The van der Waals surface area contributed by atoms with E-state index in [2.05, 4.69) is 36.6 Å². The average Bonchev–Trinajstić information content (AvgIpc) is 2.53. The second kappa shape index (κ2) is 2.37. The Morgan fingerprint density at radius 3 is 2.75 bits per heavy atom. The molecule has 0 aromatic carbocycles. The van der Waals surface area contributed by atoms with E-state index in [1.807, 2.05) is 16.9 Å². The molecule has 0 radical (unpaired) electrons. The van der Waals surface area contributed by atoms with Gasteiger partial charge in [-0.2, -0.15) is 5.10 Å². The molecule has 64 valence electrons. The van der Waals surface area contributed by atoms with Gasteiger partial charge in [0.05, 0.1) is 6.20 Å². The summed E-state index contributed by atoms with van der Waals surface area (Å²) in [5, 5.41) is 4.22. The zero-order valence-electron chi connectivity index (χ0n) is 7.65. The van der Waals surface area contributed by atoms with Crippen LogP contribution in [0.25, 0.3) is 5.65 Å². The van der Waals surface area contributed by atoms with E-state index in [1.165, 1.54) is 11.2 Å². The summed E-state index contributed by atoms with van der Waals surface area (Å²) in [6, 6.07) is 0.498. The topological polar surface area (TPSA) is 22.2 Å². The fourth-order valence-corrected chi connectivity index (χ4v) is 1.50. The molecule has 0 spiro atoms. The average molecular weight is 163 g/mol. The summed E-state index contributed by atoms with van der Waals surface area (Å²) in [5.41, 5.74) is 2.43. The minimum Gasteiger partial charge on any atom is -0.329 e. The van der Waals surface area contributed by atoms with E-state index in [-0.39, 0.29) is 0 Å². The first-order valence-electron chi connectivity index (χ1n) is 4.21. The van der Waals surface area contributed by atoms with Gasteiger partial charge in [-0.15, -0.1) is 0 Å². The lowest BCUT2D eigenvalue weighted by molar-refractivity contribution is 0.618. The maximum Gasteiger partial charge on any atom is 0.138 e. The lowest BCUT2D eigenvalue weighted by Gasteiger charge is -2.07. The standard InChI is InChI=1S/C9H13N3/c1-7(2)11-4-5-12-9(11)8(3)6-10-12/h4-7H,1-3H3. The summed E-state index contributed by atoms with van der Waals surface area (Å²) >= 11 is 0. The van der Waals surface area contributed by atoms with E-state index in [9.17, 15) is 0 Å². The van der Waals surface area contributed by atoms with Gasteiger partial charge in [0.1, 0.15) is 5.65 Å². The number of nitrogens with zero attached hydrogens (tertiary/aromatic N) is 3. The molecule has 0 aliphatic heterocycles.